The van der Waals surface area contributed by atoms with Gasteiger partial charge in [0.1, 0.15) is 6.04 Å². The van der Waals surface area contributed by atoms with Crippen molar-refractivity contribution in [3.63, 3.8) is 0 Å². The summed E-state index contributed by atoms with van der Waals surface area (Å²) in [5.41, 5.74) is 2.00. The molecule has 114 valence electrons. The van der Waals surface area contributed by atoms with E-state index in [4.69, 9.17) is 0 Å². The second kappa shape index (κ2) is 6.56. The smallest absolute Gasteiger partial charge is 0.318 e. The van der Waals surface area contributed by atoms with E-state index in [1.165, 1.54) is 5.56 Å². The number of carbonyl (C=O) groups excluding carboxylic acids is 2. The Hall–Kier alpha value is -2.11. The standard InChI is InChI=1S/C15H22N4O2/c1-4-11-5-6-12(16-9-11)10-19(3)15(21)17-13-7-8-18(2)14(13)20/h5-6,9,13H,4,7-8,10H2,1-3H3,(H,17,21)/t13-/m0/s1. The number of likely N-dealkylation sites (N-methyl/N-ethyl adjacent to an activating group) is 1. The minimum absolute atomic E-state index is 0.0258. The fourth-order valence-corrected chi connectivity index (χ4v) is 2.29. The SMILES string of the molecule is CCc1ccc(CN(C)C(=O)N[C@H]2CCN(C)C2=O)nc1. The number of pyridine rings is 1. The number of amides is 3. The molecular formula is C15H22N4O2. The maximum Gasteiger partial charge on any atom is 0.318 e. The van der Waals surface area contributed by atoms with Gasteiger partial charge in [0, 0.05) is 26.8 Å². The summed E-state index contributed by atoms with van der Waals surface area (Å²) in [4.78, 5) is 31.4. The number of hydrogen-bond donors (Lipinski definition) is 1. The highest BCUT2D eigenvalue weighted by molar-refractivity contribution is 5.88. The van der Waals surface area contributed by atoms with Crippen molar-refractivity contribution in [2.45, 2.75) is 32.4 Å². The minimum Gasteiger partial charge on any atom is -0.344 e. The van der Waals surface area contributed by atoms with Crippen LogP contribution in [0, 0.1) is 0 Å². The van der Waals surface area contributed by atoms with Crippen LogP contribution in [-0.2, 0) is 17.8 Å². The molecule has 21 heavy (non-hydrogen) atoms. The highest BCUT2D eigenvalue weighted by Crippen LogP contribution is 2.09. The monoisotopic (exact) mass is 290 g/mol. The van der Waals surface area contributed by atoms with Gasteiger partial charge in [-0.1, -0.05) is 13.0 Å². The second-order valence-corrected chi connectivity index (χ2v) is 5.42. The third kappa shape index (κ3) is 3.71. The topological polar surface area (TPSA) is 65.5 Å². The molecule has 1 saturated heterocycles. The number of urea groups is 1. The molecule has 0 bridgehead atoms. The molecule has 0 unspecified atom stereocenters. The summed E-state index contributed by atoms with van der Waals surface area (Å²) in [7, 11) is 3.45. The lowest BCUT2D eigenvalue weighted by Gasteiger charge is -2.20. The van der Waals surface area contributed by atoms with Gasteiger partial charge >= 0.3 is 6.03 Å². The summed E-state index contributed by atoms with van der Waals surface area (Å²) >= 11 is 0. The Morgan fingerprint density at radius 2 is 2.29 bits per heavy atom. The van der Waals surface area contributed by atoms with Gasteiger partial charge in [0.2, 0.25) is 5.91 Å². The van der Waals surface area contributed by atoms with Gasteiger partial charge in [0.05, 0.1) is 12.2 Å². The number of nitrogens with zero attached hydrogens (tertiary/aromatic N) is 3. The molecule has 1 aromatic heterocycles. The van der Waals surface area contributed by atoms with Crippen molar-refractivity contribution in [2.24, 2.45) is 0 Å². The fraction of sp³-hybridized carbons (Fsp3) is 0.533. The second-order valence-electron chi connectivity index (χ2n) is 5.42. The maximum absolute atomic E-state index is 12.1. The summed E-state index contributed by atoms with van der Waals surface area (Å²) in [6, 6.07) is 3.30. The Morgan fingerprint density at radius 1 is 1.52 bits per heavy atom. The predicted molar refractivity (Wildman–Crippen MR) is 79.7 cm³/mol. The van der Waals surface area contributed by atoms with Crippen LogP contribution in [0.3, 0.4) is 0 Å². The van der Waals surface area contributed by atoms with Crippen LogP contribution in [0.25, 0.3) is 0 Å². The molecule has 2 rings (SSSR count). The van der Waals surface area contributed by atoms with Crippen LogP contribution in [0.5, 0.6) is 0 Å². The summed E-state index contributed by atoms with van der Waals surface area (Å²) in [5.74, 6) is -0.0258. The third-order valence-electron chi connectivity index (χ3n) is 3.77. The van der Waals surface area contributed by atoms with E-state index in [1.807, 2.05) is 18.3 Å². The van der Waals surface area contributed by atoms with Gasteiger partial charge in [-0.05, 0) is 24.5 Å². The molecule has 0 saturated carbocycles. The molecule has 0 radical (unpaired) electrons. The van der Waals surface area contributed by atoms with Crippen molar-refractivity contribution in [3.05, 3.63) is 29.6 Å². The maximum atomic E-state index is 12.1. The van der Waals surface area contributed by atoms with Crippen molar-refractivity contribution < 1.29 is 9.59 Å². The van der Waals surface area contributed by atoms with E-state index in [1.54, 1.807) is 23.9 Å². The van der Waals surface area contributed by atoms with Crippen LogP contribution in [0.2, 0.25) is 0 Å². The molecule has 0 aliphatic carbocycles. The average molecular weight is 290 g/mol. The lowest BCUT2D eigenvalue weighted by atomic mass is 10.2. The number of hydrogen-bond acceptors (Lipinski definition) is 3. The molecule has 1 aliphatic rings. The van der Waals surface area contributed by atoms with Crippen LogP contribution in [0.15, 0.2) is 18.3 Å². The molecule has 3 amide bonds. The lowest BCUT2D eigenvalue weighted by molar-refractivity contribution is -0.128. The molecule has 1 aliphatic heterocycles. The molecule has 1 fully saturated rings. The number of nitrogens with one attached hydrogen (secondary N) is 1. The van der Waals surface area contributed by atoms with Gasteiger partial charge in [-0.15, -0.1) is 0 Å². The van der Waals surface area contributed by atoms with Crippen molar-refractivity contribution in [1.82, 2.24) is 20.1 Å². The Kier molecular flexibility index (Phi) is 4.77. The average Bonchev–Trinajstić information content (AvgIpc) is 2.80. The van der Waals surface area contributed by atoms with Crippen molar-refractivity contribution >= 4 is 11.9 Å². The minimum atomic E-state index is -0.402. The van der Waals surface area contributed by atoms with Gasteiger partial charge in [-0.25, -0.2) is 4.79 Å². The molecule has 1 aromatic rings. The van der Waals surface area contributed by atoms with Crippen LogP contribution in [0.1, 0.15) is 24.6 Å². The van der Waals surface area contributed by atoms with Gasteiger partial charge in [0.25, 0.3) is 0 Å². The van der Waals surface area contributed by atoms with Gasteiger partial charge in [0.15, 0.2) is 0 Å². The molecule has 2 heterocycles. The van der Waals surface area contributed by atoms with Crippen LogP contribution < -0.4 is 5.32 Å². The first-order valence-electron chi connectivity index (χ1n) is 7.21. The van der Waals surface area contributed by atoms with E-state index in [9.17, 15) is 9.59 Å². The van der Waals surface area contributed by atoms with Crippen molar-refractivity contribution in [1.29, 1.82) is 0 Å². The highest BCUT2D eigenvalue weighted by atomic mass is 16.2. The summed E-state index contributed by atoms with van der Waals surface area (Å²) in [5, 5.41) is 2.77. The number of aryl methyl sites for hydroxylation is 1. The van der Waals surface area contributed by atoms with E-state index in [0.29, 0.717) is 19.5 Å². The Morgan fingerprint density at radius 3 is 2.81 bits per heavy atom. The summed E-state index contributed by atoms with van der Waals surface area (Å²) < 4.78 is 0. The number of likely N-dealkylation sites (tertiary alicyclic amines) is 1. The van der Waals surface area contributed by atoms with E-state index >= 15 is 0 Å². The van der Waals surface area contributed by atoms with Crippen LogP contribution >= 0.6 is 0 Å². The normalized spacial score (nSPS) is 18.0. The molecule has 6 heteroatoms. The van der Waals surface area contributed by atoms with E-state index in [-0.39, 0.29) is 11.9 Å². The van der Waals surface area contributed by atoms with E-state index in [0.717, 1.165) is 12.1 Å². The number of aromatic nitrogens is 1. The van der Waals surface area contributed by atoms with E-state index < -0.39 is 6.04 Å². The first-order chi connectivity index (χ1) is 10.0. The van der Waals surface area contributed by atoms with Gasteiger partial charge < -0.3 is 15.1 Å². The zero-order valence-electron chi connectivity index (χ0n) is 12.8. The van der Waals surface area contributed by atoms with Crippen LogP contribution in [0.4, 0.5) is 4.79 Å². The van der Waals surface area contributed by atoms with Gasteiger partial charge in [-0.3, -0.25) is 9.78 Å². The Labute approximate surface area is 125 Å². The molecule has 0 aromatic carbocycles. The Balaban J connectivity index is 1.88. The molecular weight excluding hydrogens is 268 g/mol. The quantitative estimate of drug-likeness (QED) is 0.900. The zero-order chi connectivity index (χ0) is 15.4. The first kappa shape index (κ1) is 15.3. The molecule has 1 N–H and O–H groups in total. The van der Waals surface area contributed by atoms with Crippen molar-refractivity contribution in [2.75, 3.05) is 20.6 Å². The number of rotatable bonds is 4. The predicted octanol–water partition coefficient (Wildman–Crippen LogP) is 1.02. The largest absolute Gasteiger partial charge is 0.344 e. The fourth-order valence-electron chi connectivity index (χ4n) is 2.29. The highest BCUT2D eigenvalue weighted by Gasteiger charge is 2.30. The van der Waals surface area contributed by atoms with Crippen LogP contribution in [-0.4, -0.2) is 53.4 Å². The summed E-state index contributed by atoms with van der Waals surface area (Å²) in [6.45, 7) is 3.19. The van der Waals surface area contributed by atoms with Gasteiger partial charge in [-0.2, -0.15) is 0 Å². The Bertz CT molecular complexity index is 515. The van der Waals surface area contributed by atoms with E-state index in [2.05, 4.69) is 17.2 Å². The number of carbonyl (C=O) groups is 2. The third-order valence-corrected chi connectivity index (χ3v) is 3.77. The lowest BCUT2D eigenvalue weighted by Crippen LogP contribution is -2.46. The molecule has 1 atom stereocenters. The van der Waals surface area contributed by atoms with Crippen molar-refractivity contribution in [3.8, 4) is 0 Å². The first-order valence-corrected chi connectivity index (χ1v) is 7.21. The summed E-state index contributed by atoms with van der Waals surface area (Å²) in [6.07, 6.45) is 3.44. The molecule has 0 spiro atoms. The molecule has 6 nitrogen and oxygen atoms in total. The zero-order valence-corrected chi connectivity index (χ0v) is 12.8.